The monoisotopic (exact) mass is 585 g/mol. The molecule has 0 aliphatic rings. The predicted molar refractivity (Wildman–Crippen MR) is 151 cm³/mol. The van der Waals surface area contributed by atoms with Crippen LogP contribution in [0.15, 0.2) is 48.5 Å². The second-order valence-electron chi connectivity index (χ2n) is 9.53. The molecule has 15 heteroatoms. The third-order valence-corrected chi connectivity index (χ3v) is 6.09. The Morgan fingerprint density at radius 3 is 2.05 bits per heavy atom. The van der Waals surface area contributed by atoms with E-state index in [4.69, 9.17) is 11.5 Å². The van der Waals surface area contributed by atoms with E-state index in [2.05, 4.69) is 21.3 Å². The number of nitrogens with one attached hydrogen (secondary N) is 4. The van der Waals surface area contributed by atoms with Crippen LogP contribution < -0.4 is 32.7 Å². The summed E-state index contributed by atoms with van der Waals surface area (Å²) in [6.45, 7) is 1.05. The second kappa shape index (κ2) is 16.3. The lowest BCUT2D eigenvalue weighted by Crippen LogP contribution is -2.54. The van der Waals surface area contributed by atoms with E-state index >= 15 is 0 Å². The van der Waals surface area contributed by atoms with Crippen LogP contribution in [0, 0.1) is 10.1 Å². The first-order valence-electron chi connectivity index (χ1n) is 13.0. The number of primary amides is 1. The number of aromatic hydroxyl groups is 1. The Kier molecular flexibility index (Phi) is 12.8. The summed E-state index contributed by atoms with van der Waals surface area (Å²) in [5, 5.41) is 30.2. The topological polar surface area (TPSA) is 249 Å². The molecule has 0 bridgehead atoms. The van der Waals surface area contributed by atoms with E-state index in [-0.39, 0.29) is 43.2 Å². The van der Waals surface area contributed by atoms with Gasteiger partial charge < -0.3 is 37.8 Å². The molecule has 0 heterocycles. The molecule has 2 aromatic carbocycles. The van der Waals surface area contributed by atoms with E-state index < -0.39 is 53.2 Å². The van der Waals surface area contributed by atoms with Gasteiger partial charge in [-0.2, -0.15) is 0 Å². The average molecular weight is 586 g/mol. The lowest BCUT2D eigenvalue weighted by molar-refractivity contribution is -0.384. The zero-order valence-corrected chi connectivity index (χ0v) is 23.0. The highest BCUT2D eigenvalue weighted by molar-refractivity contribution is 5.93. The van der Waals surface area contributed by atoms with E-state index in [0.29, 0.717) is 17.5 Å². The van der Waals surface area contributed by atoms with E-state index in [1.165, 1.54) is 43.3 Å². The fraction of sp³-hybridized carbons (Fsp3) is 0.370. The molecule has 9 N–H and O–H groups in total. The van der Waals surface area contributed by atoms with Crippen LogP contribution in [0.2, 0.25) is 0 Å². The van der Waals surface area contributed by atoms with Crippen LogP contribution in [0.4, 0.5) is 5.69 Å². The zero-order valence-electron chi connectivity index (χ0n) is 23.0. The summed E-state index contributed by atoms with van der Waals surface area (Å²) in [7, 11) is 0. The number of amides is 5. The Bertz CT molecular complexity index is 1270. The van der Waals surface area contributed by atoms with Crippen LogP contribution in [0.3, 0.4) is 0 Å². The molecule has 2 rings (SSSR count). The molecule has 0 spiro atoms. The quantitative estimate of drug-likeness (QED) is 0.0716. The Hall–Kier alpha value is -5.05. The number of carbonyl (C=O) groups excluding carboxylic acids is 5. The molecule has 226 valence electrons. The highest BCUT2D eigenvalue weighted by atomic mass is 16.6. The molecule has 0 aliphatic heterocycles. The maximum Gasteiger partial charge on any atom is 0.269 e. The summed E-state index contributed by atoms with van der Waals surface area (Å²) in [4.78, 5) is 71.5. The highest BCUT2D eigenvalue weighted by Gasteiger charge is 2.25. The normalized spacial score (nSPS) is 12.7. The van der Waals surface area contributed by atoms with Gasteiger partial charge in [0.1, 0.15) is 17.8 Å². The van der Waals surface area contributed by atoms with E-state index in [9.17, 15) is 39.2 Å². The van der Waals surface area contributed by atoms with Crippen molar-refractivity contribution in [2.45, 2.75) is 50.7 Å². The van der Waals surface area contributed by atoms with E-state index in [0.717, 1.165) is 0 Å². The maximum absolute atomic E-state index is 12.9. The lowest BCUT2D eigenvalue weighted by Gasteiger charge is -2.21. The summed E-state index contributed by atoms with van der Waals surface area (Å²) in [5.41, 5.74) is 12.5. The number of nitrogens with two attached hydrogens (primary N) is 2. The van der Waals surface area contributed by atoms with Gasteiger partial charge in [0.2, 0.25) is 29.5 Å². The van der Waals surface area contributed by atoms with Crippen LogP contribution in [0.5, 0.6) is 5.75 Å². The third-order valence-electron chi connectivity index (χ3n) is 6.09. The molecule has 0 aliphatic carbocycles. The van der Waals surface area contributed by atoms with Crippen molar-refractivity contribution in [3.8, 4) is 5.75 Å². The Labute approximate surface area is 241 Å². The number of benzene rings is 2. The number of hydrogen-bond acceptors (Lipinski definition) is 9. The smallest absolute Gasteiger partial charge is 0.269 e. The Balaban J connectivity index is 1.97. The fourth-order valence-corrected chi connectivity index (χ4v) is 3.84. The number of nitrogens with zero attached hydrogens (tertiary/aromatic N) is 1. The number of phenolic OH excluding ortho intramolecular Hbond substituents is 1. The summed E-state index contributed by atoms with van der Waals surface area (Å²) in [5.74, 6) is -3.09. The first-order valence-corrected chi connectivity index (χ1v) is 13.0. The van der Waals surface area contributed by atoms with Gasteiger partial charge in [-0.25, -0.2) is 0 Å². The van der Waals surface area contributed by atoms with Gasteiger partial charge in [-0.15, -0.1) is 0 Å². The van der Waals surface area contributed by atoms with Gasteiger partial charge >= 0.3 is 0 Å². The molecule has 3 atom stereocenters. The number of nitro benzene ring substituents is 1. The number of hydrogen-bond donors (Lipinski definition) is 7. The number of nitro groups is 1. The van der Waals surface area contributed by atoms with Crippen LogP contribution in [-0.4, -0.2) is 70.8 Å². The standard InChI is InChI=1S/C27H35N7O8/c1-16(35)30-12-2-3-22(33-26(39)21(28)13-17-6-10-20(36)11-7-17)27(40)31-15-24(37)32-23(25(29)38)14-18-4-8-19(9-5-18)34(41)42/h4-11,21-23,36H,2-3,12-15,28H2,1H3,(H2,29,38)(H,30,35)(H,31,40)(H,32,37)(H,33,39). The van der Waals surface area contributed by atoms with Crippen molar-refractivity contribution in [1.29, 1.82) is 0 Å². The van der Waals surface area contributed by atoms with Crippen LogP contribution >= 0.6 is 0 Å². The van der Waals surface area contributed by atoms with E-state index in [1.807, 2.05) is 0 Å². The molecule has 42 heavy (non-hydrogen) atoms. The number of non-ortho nitro benzene ring substituents is 1. The minimum Gasteiger partial charge on any atom is -0.508 e. The predicted octanol–water partition coefficient (Wildman–Crippen LogP) is -1.10. The first kappa shape index (κ1) is 33.2. The Morgan fingerprint density at radius 1 is 0.881 bits per heavy atom. The third kappa shape index (κ3) is 11.6. The number of carbonyl (C=O) groups is 5. The molecule has 3 unspecified atom stereocenters. The van der Waals surface area contributed by atoms with Gasteiger partial charge in [0.15, 0.2) is 0 Å². The van der Waals surface area contributed by atoms with Gasteiger partial charge in [0, 0.05) is 32.0 Å². The molecule has 15 nitrogen and oxygen atoms in total. The van der Waals surface area contributed by atoms with Crippen molar-refractivity contribution < 1.29 is 34.0 Å². The SMILES string of the molecule is CC(=O)NCCCC(NC(=O)C(N)Cc1ccc(O)cc1)C(=O)NCC(=O)NC(Cc1ccc([N+](=O)[O-])cc1)C(N)=O. The molecule has 2 aromatic rings. The van der Waals surface area contributed by atoms with Crippen LogP contribution in [0.1, 0.15) is 30.9 Å². The van der Waals surface area contributed by atoms with Crippen molar-refractivity contribution in [2.24, 2.45) is 11.5 Å². The van der Waals surface area contributed by atoms with Crippen molar-refractivity contribution in [2.75, 3.05) is 13.1 Å². The van der Waals surface area contributed by atoms with Gasteiger partial charge in [-0.3, -0.25) is 34.1 Å². The zero-order chi connectivity index (χ0) is 31.2. The molecular weight excluding hydrogens is 550 g/mol. The highest BCUT2D eigenvalue weighted by Crippen LogP contribution is 2.13. The fourth-order valence-electron chi connectivity index (χ4n) is 3.84. The largest absolute Gasteiger partial charge is 0.508 e. The molecule has 0 aromatic heterocycles. The summed E-state index contributed by atoms with van der Waals surface area (Å²) >= 11 is 0. The summed E-state index contributed by atoms with van der Waals surface area (Å²) in [6.07, 6.45) is 0.553. The Morgan fingerprint density at radius 2 is 1.48 bits per heavy atom. The molecule has 0 saturated heterocycles. The van der Waals surface area contributed by atoms with Gasteiger partial charge in [-0.05, 0) is 42.5 Å². The van der Waals surface area contributed by atoms with Crippen LogP contribution in [-0.2, 0) is 36.8 Å². The minimum atomic E-state index is -1.15. The summed E-state index contributed by atoms with van der Waals surface area (Å²) < 4.78 is 0. The van der Waals surface area contributed by atoms with Gasteiger partial charge in [0.25, 0.3) is 5.69 Å². The molecule has 0 radical (unpaired) electrons. The molecular formula is C27H35N7O8. The summed E-state index contributed by atoms with van der Waals surface area (Å²) in [6, 6.07) is 8.26. The number of phenols is 1. The molecule has 0 fully saturated rings. The van der Waals surface area contributed by atoms with Gasteiger partial charge in [-0.1, -0.05) is 24.3 Å². The van der Waals surface area contributed by atoms with E-state index in [1.54, 1.807) is 12.1 Å². The van der Waals surface area contributed by atoms with Crippen molar-refractivity contribution in [1.82, 2.24) is 21.3 Å². The second-order valence-corrected chi connectivity index (χ2v) is 9.53. The average Bonchev–Trinajstić information content (AvgIpc) is 2.94. The van der Waals surface area contributed by atoms with Crippen molar-refractivity contribution in [3.63, 3.8) is 0 Å². The van der Waals surface area contributed by atoms with Gasteiger partial charge in [0.05, 0.1) is 17.5 Å². The van der Waals surface area contributed by atoms with Crippen LogP contribution in [0.25, 0.3) is 0 Å². The van der Waals surface area contributed by atoms with Crippen molar-refractivity contribution >= 4 is 35.2 Å². The van der Waals surface area contributed by atoms with Crippen molar-refractivity contribution in [3.05, 3.63) is 69.8 Å². The maximum atomic E-state index is 12.9. The molecule has 0 saturated carbocycles. The molecule has 5 amide bonds. The minimum absolute atomic E-state index is 0.0340. The number of rotatable bonds is 16. The lowest BCUT2D eigenvalue weighted by atomic mass is 10.0. The first-order chi connectivity index (χ1) is 19.8.